The highest BCUT2D eigenvalue weighted by atomic mass is 19.1. The van der Waals surface area contributed by atoms with Crippen LogP contribution < -0.4 is 16.4 Å². The first-order chi connectivity index (χ1) is 14.5. The number of amides is 2. The summed E-state index contributed by atoms with van der Waals surface area (Å²) in [5.41, 5.74) is 10.9. The van der Waals surface area contributed by atoms with Crippen molar-refractivity contribution in [3.63, 3.8) is 0 Å². The van der Waals surface area contributed by atoms with Gasteiger partial charge in [-0.15, -0.1) is 4.99 Å². The van der Waals surface area contributed by atoms with Crippen LogP contribution in [0.3, 0.4) is 0 Å². The van der Waals surface area contributed by atoms with Crippen LogP contribution in [0, 0.1) is 11.7 Å². The minimum absolute atomic E-state index is 0.0188. The number of carbonyl (C=O) groups excluding carboxylic acids is 2. The molecule has 2 fully saturated rings. The van der Waals surface area contributed by atoms with Gasteiger partial charge in [-0.2, -0.15) is 0 Å². The van der Waals surface area contributed by atoms with Gasteiger partial charge in [-0.3, -0.25) is 4.79 Å². The number of carbonyl (C=O) groups is 2. The Morgan fingerprint density at radius 2 is 1.93 bits per heavy atom. The van der Waals surface area contributed by atoms with Gasteiger partial charge in [-0.05, 0) is 25.3 Å². The van der Waals surface area contributed by atoms with Crippen molar-refractivity contribution in [1.29, 1.82) is 0 Å². The highest BCUT2D eigenvalue weighted by molar-refractivity contribution is 5.87. The molecule has 0 unspecified atom stereocenters. The van der Waals surface area contributed by atoms with Crippen LogP contribution in [-0.4, -0.2) is 62.3 Å². The Kier molecular flexibility index (Phi) is 7.45. The van der Waals surface area contributed by atoms with Crippen LogP contribution in [0.25, 0.3) is 0 Å². The molecule has 0 bridgehead atoms. The SMILES string of the molecule is NC(N)=NC(=O)OCc1cccc(N2CCCN(C(=O)C3CCOCC3)CC2)c1F. The molecule has 2 amide bonds. The number of nitrogens with zero attached hydrogens (tertiary/aromatic N) is 3. The first-order valence-corrected chi connectivity index (χ1v) is 10.1. The fourth-order valence-corrected chi connectivity index (χ4v) is 3.78. The molecule has 4 N–H and O–H groups in total. The quantitative estimate of drug-likeness (QED) is 0.553. The van der Waals surface area contributed by atoms with Gasteiger partial charge in [0.05, 0.1) is 5.69 Å². The van der Waals surface area contributed by atoms with Gasteiger partial charge in [0.2, 0.25) is 5.91 Å². The van der Waals surface area contributed by atoms with Crippen molar-refractivity contribution in [3.8, 4) is 0 Å². The lowest BCUT2D eigenvalue weighted by Gasteiger charge is -2.29. The van der Waals surface area contributed by atoms with E-state index in [0.717, 1.165) is 19.3 Å². The molecule has 9 nitrogen and oxygen atoms in total. The lowest BCUT2D eigenvalue weighted by Crippen LogP contribution is -2.40. The number of anilines is 1. The summed E-state index contributed by atoms with van der Waals surface area (Å²) >= 11 is 0. The minimum Gasteiger partial charge on any atom is -0.443 e. The van der Waals surface area contributed by atoms with E-state index in [1.54, 1.807) is 18.2 Å². The second-order valence-corrected chi connectivity index (χ2v) is 7.39. The molecule has 0 aromatic heterocycles. The number of hydrogen-bond acceptors (Lipinski definition) is 5. The molecule has 2 aliphatic rings. The molecular formula is C20H28FN5O4. The molecule has 164 valence electrons. The zero-order chi connectivity index (χ0) is 21.5. The van der Waals surface area contributed by atoms with Gasteiger partial charge in [0, 0.05) is 50.9 Å². The molecule has 0 atom stereocenters. The average Bonchev–Trinajstić information content (AvgIpc) is 2.99. The summed E-state index contributed by atoms with van der Waals surface area (Å²) in [6.45, 7) is 3.33. The largest absolute Gasteiger partial charge is 0.443 e. The van der Waals surface area contributed by atoms with Crippen LogP contribution in [-0.2, 0) is 20.9 Å². The van der Waals surface area contributed by atoms with Gasteiger partial charge in [0.1, 0.15) is 6.61 Å². The van der Waals surface area contributed by atoms with Gasteiger partial charge < -0.3 is 30.7 Å². The third-order valence-electron chi connectivity index (χ3n) is 5.35. The van der Waals surface area contributed by atoms with Gasteiger partial charge in [0.15, 0.2) is 11.8 Å². The highest BCUT2D eigenvalue weighted by Gasteiger charge is 2.28. The van der Waals surface area contributed by atoms with Crippen molar-refractivity contribution in [2.24, 2.45) is 22.4 Å². The molecule has 0 spiro atoms. The number of benzene rings is 1. The van der Waals surface area contributed by atoms with Crippen molar-refractivity contribution in [1.82, 2.24) is 4.90 Å². The highest BCUT2D eigenvalue weighted by Crippen LogP contribution is 2.25. The fraction of sp³-hybridized carbons (Fsp3) is 0.550. The molecule has 2 saturated heterocycles. The number of hydrogen-bond donors (Lipinski definition) is 2. The molecule has 2 heterocycles. The molecule has 1 aromatic carbocycles. The summed E-state index contributed by atoms with van der Waals surface area (Å²) < 4.78 is 25.3. The molecule has 10 heteroatoms. The van der Waals surface area contributed by atoms with Crippen molar-refractivity contribution in [2.45, 2.75) is 25.9 Å². The van der Waals surface area contributed by atoms with Gasteiger partial charge in [-0.1, -0.05) is 12.1 Å². The summed E-state index contributed by atoms with van der Waals surface area (Å²) in [6, 6.07) is 4.94. The second-order valence-electron chi connectivity index (χ2n) is 7.39. The number of aliphatic imine (C=N–C) groups is 1. The van der Waals surface area contributed by atoms with E-state index in [4.69, 9.17) is 20.9 Å². The maximum atomic E-state index is 15.0. The Hall–Kier alpha value is -2.88. The molecule has 0 aliphatic carbocycles. The second kappa shape index (κ2) is 10.2. The number of rotatable bonds is 4. The fourth-order valence-electron chi connectivity index (χ4n) is 3.78. The predicted molar refractivity (Wildman–Crippen MR) is 109 cm³/mol. The van der Waals surface area contributed by atoms with E-state index < -0.39 is 17.9 Å². The third-order valence-corrected chi connectivity index (χ3v) is 5.35. The van der Waals surface area contributed by atoms with E-state index >= 15 is 4.39 Å². The number of guanidine groups is 1. The van der Waals surface area contributed by atoms with Gasteiger partial charge in [0.25, 0.3) is 0 Å². The van der Waals surface area contributed by atoms with E-state index in [9.17, 15) is 9.59 Å². The average molecular weight is 421 g/mol. The normalized spacial score (nSPS) is 17.9. The van der Waals surface area contributed by atoms with Crippen molar-refractivity contribution >= 4 is 23.6 Å². The molecule has 2 aliphatic heterocycles. The predicted octanol–water partition coefficient (Wildman–Crippen LogP) is 1.20. The summed E-state index contributed by atoms with van der Waals surface area (Å²) in [4.78, 5) is 31.3. The zero-order valence-corrected chi connectivity index (χ0v) is 16.9. The van der Waals surface area contributed by atoms with Gasteiger partial charge in [-0.25, -0.2) is 9.18 Å². The van der Waals surface area contributed by atoms with E-state index in [0.29, 0.717) is 45.1 Å². The smallest absolute Gasteiger partial charge is 0.437 e. The Labute approximate surface area is 174 Å². The Morgan fingerprint density at radius 1 is 1.17 bits per heavy atom. The van der Waals surface area contributed by atoms with Crippen LogP contribution in [0.1, 0.15) is 24.8 Å². The summed E-state index contributed by atoms with van der Waals surface area (Å²) in [6.07, 6.45) is 1.29. The summed E-state index contributed by atoms with van der Waals surface area (Å²) in [7, 11) is 0. The van der Waals surface area contributed by atoms with Gasteiger partial charge >= 0.3 is 6.09 Å². The Balaban J connectivity index is 1.62. The maximum absolute atomic E-state index is 15.0. The number of nitrogens with two attached hydrogens (primary N) is 2. The minimum atomic E-state index is -0.975. The van der Waals surface area contributed by atoms with E-state index in [-0.39, 0.29) is 24.0 Å². The zero-order valence-electron chi connectivity index (χ0n) is 16.9. The van der Waals surface area contributed by atoms with Crippen LogP contribution in [0.15, 0.2) is 23.2 Å². The monoisotopic (exact) mass is 421 g/mol. The van der Waals surface area contributed by atoms with Crippen molar-refractivity contribution in [2.75, 3.05) is 44.3 Å². The standard InChI is InChI=1S/C20H28FN5O4/c21-17-15(13-30-20(28)24-19(22)23)3-1-4-16(17)25-7-2-8-26(10-9-25)18(27)14-5-11-29-12-6-14/h1,3-4,14H,2,5-13H2,(H4,22,23,24,28). The Bertz CT molecular complexity index is 793. The molecule has 0 saturated carbocycles. The molecule has 0 radical (unpaired) electrons. The molecule has 30 heavy (non-hydrogen) atoms. The molecule has 3 rings (SSSR count). The van der Waals surface area contributed by atoms with Crippen molar-refractivity contribution in [3.05, 3.63) is 29.6 Å². The lowest BCUT2D eigenvalue weighted by molar-refractivity contribution is -0.138. The van der Waals surface area contributed by atoms with Crippen LogP contribution >= 0.6 is 0 Å². The first-order valence-electron chi connectivity index (χ1n) is 10.1. The maximum Gasteiger partial charge on any atom is 0.437 e. The van der Waals surface area contributed by atoms with Crippen LogP contribution in [0.2, 0.25) is 0 Å². The summed E-state index contributed by atoms with van der Waals surface area (Å²) in [5.74, 6) is -0.691. The van der Waals surface area contributed by atoms with E-state index in [1.807, 2.05) is 9.80 Å². The van der Waals surface area contributed by atoms with Crippen LogP contribution in [0.5, 0.6) is 0 Å². The first kappa shape index (κ1) is 21.8. The summed E-state index contributed by atoms with van der Waals surface area (Å²) in [5, 5.41) is 0. The van der Waals surface area contributed by atoms with E-state index in [1.165, 1.54) is 0 Å². The number of halogens is 1. The Morgan fingerprint density at radius 3 is 2.67 bits per heavy atom. The third kappa shape index (κ3) is 5.59. The lowest BCUT2D eigenvalue weighted by atomic mass is 9.98. The van der Waals surface area contributed by atoms with E-state index in [2.05, 4.69) is 4.99 Å². The number of ether oxygens (including phenoxy) is 2. The molecular weight excluding hydrogens is 393 g/mol. The molecule has 1 aromatic rings. The van der Waals surface area contributed by atoms with Crippen molar-refractivity contribution < 1.29 is 23.5 Å². The topological polar surface area (TPSA) is 123 Å². The van der Waals surface area contributed by atoms with Crippen LogP contribution in [0.4, 0.5) is 14.9 Å².